The average molecular weight is 431 g/mol. The van der Waals surface area contributed by atoms with E-state index in [2.05, 4.69) is 30.1 Å². The average Bonchev–Trinajstić information content (AvgIpc) is 2.74. The second kappa shape index (κ2) is 10.2. The Labute approximate surface area is 183 Å². The summed E-state index contributed by atoms with van der Waals surface area (Å²) >= 11 is 10.2. The summed E-state index contributed by atoms with van der Waals surface area (Å²) in [4.78, 5) is 28.5. The SMILES string of the molecule is CCCC(NC(=O)c1ccc(Cl)cc1)C(=O)N1CCC(c2ccc(S)cc2)CC1. The van der Waals surface area contributed by atoms with Gasteiger partial charge in [-0.05, 0) is 67.1 Å². The van der Waals surface area contributed by atoms with Crippen LogP contribution in [-0.4, -0.2) is 35.8 Å². The first-order valence-electron chi connectivity index (χ1n) is 10.1. The van der Waals surface area contributed by atoms with Crippen LogP contribution in [0.4, 0.5) is 0 Å². The predicted octanol–water partition coefficient (Wildman–Crippen LogP) is 4.93. The van der Waals surface area contributed by atoms with Crippen LogP contribution in [0, 0.1) is 0 Å². The topological polar surface area (TPSA) is 49.4 Å². The van der Waals surface area contributed by atoms with Gasteiger partial charge in [0.1, 0.15) is 6.04 Å². The van der Waals surface area contributed by atoms with Crippen LogP contribution in [0.15, 0.2) is 53.4 Å². The molecule has 4 nitrogen and oxygen atoms in total. The number of hydrogen-bond acceptors (Lipinski definition) is 3. The molecule has 154 valence electrons. The molecule has 2 aromatic rings. The Kier molecular flexibility index (Phi) is 7.62. The lowest BCUT2D eigenvalue weighted by molar-refractivity contribution is -0.134. The molecule has 0 aliphatic carbocycles. The van der Waals surface area contributed by atoms with Crippen molar-refractivity contribution < 1.29 is 9.59 Å². The molecule has 0 bridgehead atoms. The number of thiol groups is 1. The molecular weight excluding hydrogens is 404 g/mol. The molecule has 0 saturated carbocycles. The maximum Gasteiger partial charge on any atom is 0.251 e. The number of halogens is 1. The van der Waals surface area contributed by atoms with Gasteiger partial charge in [0.15, 0.2) is 0 Å². The molecule has 1 unspecified atom stereocenters. The summed E-state index contributed by atoms with van der Waals surface area (Å²) in [5.74, 6) is 0.231. The number of rotatable bonds is 6. The first-order chi connectivity index (χ1) is 14.0. The lowest BCUT2D eigenvalue weighted by Gasteiger charge is -2.34. The molecule has 1 fully saturated rings. The molecular formula is C23H27ClN2O2S. The van der Waals surface area contributed by atoms with Crippen LogP contribution in [0.5, 0.6) is 0 Å². The van der Waals surface area contributed by atoms with Crippen molar-refractivity contribution in [2.45, 2.75) is 49.5 Å². The van der Waals surface area contributed by atoms with Gasteiger partial charge in [-0.25, -0.2) is 0 Å². The van der Waals surface area contributed by atoms with Gasteiger partial charge in [0.05, 0.1) is 0 Å². The van der Waals surface area contributed by atoms with Gasteiger partial charge in [-0.2, -0.15) is 0 Å². The smallest absolute Gasteiger partial charge is 0.251 e. The zero-order valence-corrected chi connectivity index (χ0v) is 18.3. The number of benzene rings is 2. The molecule has 1 N–H and O–H groups in total. The molecule has 2 amide bonds. The molecule has 1 atom stereocenters. The molecule has 1 aliphatic heterocycles. The van der Waals surface area contributed by atoms with Crippen LogP contribution in [0.25, 0.3) is 0 Å². The summed E-state index contributed by atoms with van der Waals surface area (Å²) < 4.78 is 0. The van der Waals surface area contributed by atoms with E-state index in [4.69, 9.17) is 11.6 Å². The maximum absolute atomic E-state index is 13.1. The summed E-state index contributed by atoms with van der Waals surface area (Å²) in [5.41, 5.74) is 1.81. The number of nitrogens with one attached hydrogen (secondary N) is 1. The number of amides is 2. The van der Waals surface area contributed by atoms with Gasteiger partial charge in [0.25, 0.3) is 5.91 Å². The Hall–Kier alpha value is -1.98. The molecule has 1 saturated heterocycles. The third kappa shape index (κ3) is 5.77. The summed E-state index contributed by atoms with van der Waals surface area (Å²) in [5, 5.41) is 3.50. The van der Waals surface area contributed by atoms with E-state index in [0.29, 0.717) is 36.0 Å². The Morgan fingerprint density at radius 1 is 1.10 bits per heavy atom. The van der Waals surface area contributed by atoms with Crippen molar-refractivity contribution in [3.63, 3.8) is 0 Å². The molecule has 2 aromatic carbocycles. The van der Waals surface area contributed by atoms with Crippen molar-refractivity contribution in [1.82, 2.24) is 10.2 Å². The third-order valence-electron chi connectivity index (χ3n) is 5.46. The molecule has 0 aromatic heterocycles. The highest BCUT2D eigenvalue weighted by Crippen LogP contribution is 2.29. The summed E-state index contributed by atoms with van der Waals surface area (Å²) in [6.07, 6.45) is 3.31. The van der Waals surface area contributed by atoms with Gasteiger partial charge < -0.3 is 10.2 Å². The fraction of sp³-hybridized carbons (Fsp3) is 0.391. The first-order valence-corrected chi connectivity index (χ1v) is 10.9. The highest BCUT2D eigenvalue weighted by atomic mass is 35.5. The van der Waals surface area contributed by atoms with Gasteiger partial charge in [-0.3, -0.25) is 9.59 Å². The fourth-order valence-corrected chi connectivity index (χ4v) is 4.06. The zero-order valence-electron chi connectivity index (χ0n) is 16.6. The van der Waals surface area contributed by atoms with Crippen molar-refractivity contribution in [3.05, 3.63) is 64.7 Å². The fourth-order valence-electron chi connectivity index (χ4n) is 3.79. The van der Waals surface area contributed by atoms with Crippen molar-refractivity contribution in [1.29, 1.82) is 0 Å². The van der Waals surface area contributed by atoms with Crippen LogP contribution in [0.1, 0.15) is 54.4 Å². The molecule has 0 radical (unpaired) electrons. The predicted molar refractivity (Wildman–Crippen MR) is 120 cm³/mol. The van der Waals surface area contributed by atoms with Crippen LogP contribution < -0.4 is 5.32 Å². The minimum absolute atomic E-state index is 0.0123. The number of carbonyl (C=O) groups excluding carboxylic acids is 2. The lowest BCUT2D eigenvalue weighted by atomic mass is 9.89. The standard InChI is InChI=1S/C23H27ClN2O2S/c1-2-3-21(25-22(27)18-4-8-19(24)9-5-18)23(28)26-14-12-17(13-15-26)16-6-10-20(29)11-7-16/h4-11,17,21,29H,2-3,12-15H2,1H3,(H,25,27). The van der Waals surface area contributed by atoms with Crippen molar-refractivity contribution in [2.75, 3.05) is 13.1 Å². The van der Waals surface area contributed by atoms with Gasteiger partial charge >= 0.3 is 0 Å². The second-order valence-corrected chi connectivity index (χ2v) is 8.47. The second-order valence-electron chi connectivity index (χ2n) is 7.51. The molecule has 0 spiro atoms. The Morgan fingerprint density at radius 2 is 1.72 bits per heavy atom. The first kappa shape index (κ1) is 21.7. The number of carbonyl (C=O) groups is 2. The van der Waals surface area contributed by atoms with E-state index in [1.54, 1.807) is 24.3 Å². The van der Waals surface area contributed by atoms with Crippen LogP contribution in [0.2, 0.25) is 5.02 Å². The lowest BCUT2D eigenvalue weighted by Crippen LogP contribution is -2.50. The minimum Gasteiger partial charge on any atom is -0.341 e. The van der Waals surface area contributed by atoms with Crippen molar-refractivity contribution in [3.8, 4) is 0 Å². The summed E-state index contributed by atoms with van der Waals surface area (Å²) in [7, 11) is 0. The summed E-state index contributed by atoms with van der Waals surface area (Å²) in [6, 6.07) is 14.5. The largest absolute Gasteiger partial charge is 0.341 e. The van der Waals surface area contributed by atoms with Gasteiger partial charge in [0.2, 0.25) is 5.91 Å². The maximum atomic E-state index is 13.1. The van der Waals surface area contributed by atoms with Crippen molar-refractivity contribution >= 4 is 36.0 Å². The van der Waals surface area contributed by atoms with E-state index in [9.17, 15) is 9.59 Å². The summed E-state index contributed by atoms with van der Waals surface area (Å²) in [6.45, 7) is 3.44. The van der Waals surface area contributed by atoms with Gasteiger partial charge in [0, 0.05) is 28.6 Å². The van der Waals surface area contributed by atoms with E-state index >= 15 is 0 Å². The Balaban J connectivity index is 1.60. The molecule has 3 rings (SSSR count). The third-order valence-corrected chi connectivity index (χ3v) is 6.01. The van der Waals surface area contributed by atoms with E-state index in [0.717, 1.165) is 24.2 Å². The molecule has 29 heavy (non-hydrogen) atoms. The Bertz CT molecular complexity index is 831. The van der Waals surface area contributed by atoms with E-state index in [-0.39, 0.29) is 11.8 Å². The number of likely N-dealkylation sites (tertiary alicyclic amines) is 1. The van der Waals surface area contributed by atoms with E-state index in [1.165, 1.54) is 5.56 Å². The normalized spacial score (nSPS) is 15.8. The number of nitrogens with zero attached hydrogens (tertiary/aromatic N) is 1. The van der Waals surface area contributed by atoms with Crippen molar-refractivity contribution in [2.24, 2.45) is 0 Å². The quantitative estimate of drug-likeness (QED) is 0.638. The monoisotopic (exact) mass is 430 g/mol. The molecule has 1 aliphatic rings. The zero-order chi connectivity index (χ0) is 20.8. The highest BCUT2D eigenvalue weighted by molar-refractivity contribution is 7.80. The number of hydrogen-bond donors (Lipinski definition) is 2. The Morgan fingerprint density at radius 3 is 2.31 bits per heavy atom. The van der Waals surface area contributed by atoms with Gasteiger partial charge in [-0.1, -0.05) is 37.1 Å². The minimum atomic E-state index is -0.497. The highest BCUT2D eigenvalue weighted by Gasteiger charge is 2.29. The van der Waals surface area contributed by atoms with E-state index < -0.39 is 6.04 Å². The molecule has 1 heterocycles. The van der Waals surface area contributed by atoms with E-state index in [1.807, 2.05) is 24.0 Å². The molecule has 6 heteroatoms. The van der Waals surface area contributed by atoms with Gasteiger partial charge in [-0.15, -0.1) is 12.6 Å². The van der Waals surface area contributed by atoms with Crippen LogP contribution in [0.3, 0.4) is 0 Å². The number of piperidine rings is 1. The van der Waals surface area contributed by atoms with Crippen LogP contribution in [-0.2, 0) is 4.79 Å². The van der Waals surface area contributed by atoms with Crippen LogP contribution >= 0.6 is 24.2 Å².